The summed E-state index contributed by atoms with van der Waals surface area (Å²) < 4.78 is 1.99. The lowest BCUT2D eigenvalue weighted by Crippen LogP contribution is -2.34. The molecule has 6 heteroatoms. The lowest BCUT2D eigenvalue weighted by Gasteiger charge is -2.24. The molecule has 1 atom stereocenters. The largest absolute Gasteiger partial charge is 0.322 e. The summed E-state index contributed by atoms with van der Waals surface area (Å²) in [6.45, 7) is 5.53. The lowest BCUT2D eigenvalue weighted by molar-refractivity contribution is 0.206. The molecular formula is C22H25N5O. The standard InChI is InChI=1S/C22H25N5O/c1-16-14-17(2)27(25-16)15-18-8-10-19(11-9-18)24-22(28)26-13-5-7-21(26)20-6-3-4-12-23-20/h3-4,6,8-12,14,21H,5,7,13,15H2,1-2H3,(H,24,28). The highest BCUT2D eigenvalue weighted by molar-refractivity contribution is 5.89. The first-order chi connectivity index (χ1) is 13.6. The van der Waals surface area contributed by atoms with Crippen LogP contribution in [0.4, 0.5) is 10.5 Å². The summed E-state index contributed by atoms with van der Waals surface area (Å²) in [5.74, 6) is 0. The first-order valence-electron chi connectivity index (χ1n) is 9.69. The summed E-state index contributed by atoms with van der Waals surface area (Å²) in [7, 11) is 0. The predicted molar refractivity (Wildman–Crippen MR) is 109 cm³/mol. The van der Waals surface area contributed by atoms with E-state index in [-0.39, 0.29) is 12.1 Å². The Hall–Kier alpha value is -3.15. The maximum absolute atomic E-state index is 12.8. The molecule has 144 valence electrons. The van der Waals surface area contributed by atoms with Crippen LogP contribution in [0, 0.1) is 13.8 Å². The van der Waals surface area contributed by atoms with Crippen molar-refractivity contribution in [3.05, 3.63) is 77.4 Å². The molecule has 1 unspecified atom stereocenters. The molecular weight excluding hydrogens is 350 g/mol. The molecule has 0 saturated carbocycles. The smallest absolute Gasteiger partial charge is 0.316 e. The average molecular weight is 375 g/mol. The first-order valence-corrected chi connectivity index (χ1v) is 9.69. The molecule has 1 aromatic carbocycles. The van der Waals surface area contributed by atoms with Crippen LogP contribution >= 0.6 is 0 Å². The maximum Gasteiger partial charge on any atom is 0.322 e. The van der Waals surface area contributed by atoms with Gasteiger partial charge in [-0.25, -0.2) is 4.79 Å². The maximum atomic E-state index is 12.8. The summed E-state index contributed by atoms with van der Waals surface area (Å²) in [4.78, 5) is 19.1. The van der Waals surface area contributed by atoms with Crippen molar-refractivity contribution in [2.75, 3.05) is 11.9 Å². The van der Waals surface area contributed by atoms with Crippen LogP contribution in [-0.2, 0) is 6.54 Å². The number of hydrogen-bond acceptors (Lipinski definition) is 3. The number of urea groups is 1. The minimum Gasteiger partial charge on any atom is -0.316 e. The van der Waals surface area contributed by atoms with Crippen molar-refractivity contribution in [3.8, 4) is 0 Å². The molecule has 3 aromatic rings. The Labute approximate surface area is 165 Å². The minimum absolute atomic E-state index is 0.0477. The Kier molecular flexibility index (Phi) is 5.10. The number of likely N-dealkylation sites (tertiary alicyclic amines) is 1. The van der Waals surface area contributed by atoms with Crippen LogP contribution in [0.15, 0.2) is 54.7 Å². The summed E-state index contributed by atoms with van der Waals surface area (Å²) >= 11 is 0. The molecule has 1 aliphatic heterocycles. The van der Waals surface area contributed by atoms with Gasteiger partial charge in [0.05, 0.1) is 24.0 Å². The van der Waals surface area contributed by atoms with Gasteiger partial charge < -0.3 is 10.2 Å². The fourth-order valence-corrected chi connectivity index (χ4v) is 3.79. The zero-order chi connectivity index (χ0) is 19.5. The second-order valence-electron chi connectivity index (χ2n) is 7.32. The second-order valence-corrected chi connectivity index (χ2v) is 7.32. The van der Waals surface area contributed by atoms with E-state index in [1.54, 1.807) is 6.20 Å². The second kappa shape index (κ2) is 7.84. The molecule has 6 nitrogen and oxygen atoms in total. The van der Waals surface area contributed by atoms with Crippen molar-refractivity contribution in [1.82, 2.24) is 19.7 Å². The molecule has 1 fully saturated rings. The molecule has 0 aliphatic carbocycles. The molecule has 4 rings (SSSR count). The average Bonchev–Trinajstić information content (AvgIpc) is 3.31. The lowest BCUT2D eigenvalue weighted by atomic mass is 10.1. The fourth-order valence-electron chi connectivity index (χ4n) is 3.79. The van der Waals surface area contributed by atoms with Gasteiger partial charge in [0.2, 0.25) is 0 Å². The zero-order valence-electron chi connectivity index (χ0n) is 16.3. The van der Waals surface area contributed by atoms with E-state index in [1.807, 2.05) is 59.0 Å². The molecule has 2 amide bonds. The highest BCUT2D eigenvalue weighted by Crippen LogP contribution is 2.31. The number of rotatable bonds is 4. The van der Waals surface area contributed by atoms with Crippen LogP contribution in [0.2, 0.25) is 0 Å². The number of amides is 2. The van der Waals surface area contributed by atoms with Gasteiger partial charge in [0, 0.05) is 24.1 Å². The van der Waals surface area contributed by atoms with Crippen LogP contribution in [0.1, 0.15) is 41.5 Å². The van der Waals surface area contributed by atoms with Crippen molar-refractivity contribution >= 4 is 11.7 Å². The molecule has 2 aromatic heterocycles. The molecule has 1 aliphatic rings. The molecule has 1 N–H and O–H groups in total. The SMILES string of the molecule is Cc1cc(C)n(Cc2ccc(NC(=O)N3CCCC3c3ccccn3)cc2)n1. The summed E-state index contributed by atoms with van der Waals surface area (Å²) in [6.07, 6.45) is 3.73. The highest BCUT2D eigenvalue weighted by atomic mass is 16.2. The van der Waals surface area contributed by atoms with Crippen molar-refractivity contribution in [3.63, 3.8) is 0 Å². The summed E-state index contributed by atoms with van der Waals surface area (Å²) in [5, 5.41) is 7.53. The van der Waals surface area contributed by atoms with Crippen LogP contribution in [-0.4, -0.2) is 32.2 Å². The number of carbonyl (C=O) groups is 1. The molecule has 28 heavy (non-hydrogen) atoms. The molecule has 0 spiro atoms. The van der Waals surface area contributed by atoms with Crippen LogP contribution in [0.25, 0.3) is 0 Å². The van der Waals surface area contributed by atoms with Gasteiger partial charge in [-0.15, -0.1) is 0 Å². The number of nitrogens with one attached hydrogen (secondary N) is 1. The number of benzene rings is 1. The third-order valence-electron chi connectivity index (χ3n) is 5.18. The van der Waals surface area contributed by atoms with E-state index in [4.69, 9.17) is 0 Å². The number of aryl methyl sites for hydroxylation is 2. The fraction of sp³-hybridized carbons (Fsp3) is 0.318. The van der Waals surface area contributed by atoms with E-state index in [9.17, 15) is 4.79 Å². The normalized spacial score (nSPS) is 16.4. The topological polar surface area (TPSA) is 63.1 Å². The van der Waals surface area contributed by atoms with E-state index < -0.39 is 0 Å². The molecule has 0 radical (unpaired) electrons. The van der Waals surface area contributed by atoms with E-state index in [2.05, 4.69) is 28.4 Å². The number of hydrogen-bond donors (Lipinski definition) is 1. The monoisotopic (exact) mass is 375 g/mol. The van der Waals surface area contributed by atoms with Gasteiger partial charge in [0.1, 0.15) is 0 Å². The van der Waals surface area contributed by atoms with Gasteiger partial charge in [0.15, 0.2) is 0 Å². The Morgan fingerprint density at radius 1 is 1.18 bits per heavy atom. The van der Waals surface area contributed by atoms with Crippen LogP contribution < -0.4 is 5.32 Å². The van der Waals surface area contributed by atoms with Gasteiger partial charge in [-0.2, -0.15) is 5.10 Å². The van der Waals surface area contributed by atoms with Gasteiger partial charge >= 0.3 is 6.03 Å². The van der Waals surface area contributed by atoms with Crippen molar-refractivity contribution in [2.24, 2.45) is 0 Å². The number of aromatic nitrogens is 3. The van der Waals surface area contributed by atoms with Gasteiger partial charge in [0.25, 0.3) is 0 Å². The van der Waals surface area contributed by atoms with Crippen molar-refractivity contribution in [2.45, 2.75) is 39.3 Å². The van der Waals surface area contributed by atoms with Gasteiger partial charge in [-0.05, 0) is 62.6 Å². The van der Waals surface area contributed by atoms with Crippen LogP contribution in [0.5, 0.6) is 0 Å². The Morgan fingerprint density at radius 2 is 2.00 bits per heavy atom. The number of nitrogens with zero attached hydrogens (tertiary/aromatic N) is 4. The quantitative estimate of drug-likeness (QED) is 0.739. The molecule has 3 heterocycles. The van der Waals surface area contributed by atoms with Crippen molar-refractivity contribution < 1.29 is 4.79 Å². The Balaban J connectivity index is 1.41. The number of carbonyl (C=O) groups excluding carboxylic acids is 1. The first kappa shape index (κ1) is 18.2. The van der Waals surface area contributed by atoms with E-state index in [1.165, 1.54) is 0 Å². The minimum atomic E-state index is -0.0700. The van der Waals surface area contributed by atoms with Gasteiger partial charge in [-0.1, -0.05) is 18.2 Å². The third kappa shape index (κ3) is 3.91. The molecule has 0 bridgehead atoms. The van der Waals surface area contributed by atoms with Crippen molar-refractivity contribution in [1.29, 1.82) is 0 Å². The van der Waals surface area contributed by atoms with Gasteiger partial charge in [-0.3, -0.25) is 9.67 Å². The Bertz CT molecular complexity index is 949. The highest BCUT2D eigenvalue weighted by Gasteiger charge is 2.30. The number of pyridine rings is 1. The molecule has 1 saturated heterocycles. The van der Waals surface area contributed by atoms with E-state index in [0.717, 1.165) is 54.3 Å². The Morgan fingerprint density at radius 3 is 2.68 bits per heavy atom. The summed E-state index contributed by atoms with van der Waals surface area (Å²) in [6, 6.07) is 15.9. The van der Waals surface area contributed by atoms with E-state index >= 15 is 0 Å². The zero-order valence-corrected chi connectivity index (χ0v) is 16.3. The van der Waals surface area contributed by atoms with E-state index in [0.29, 0.717) is 0 Å². The third-order valence-corrected chi connectivity index (χ3v) is 5.18. The number of anilines is 1. The summed E-state index contributed by atoms with van der Waals surface area (Å²) in [5.41, 5.74) is 5.07. The predicted octanol–water partition coefficient (Wildman–Crippen LogP) is 4.31. The van der Waals surface area contributed by atoms with Crippen LogP contribution in [0.3, 0.4) is 0 Å².